The number of nitrogens with one attached hydrogen (secondary N) is 2. The molecule has 162 valence electrons. The molecule has 0 radical (unpaired) electrons. The van der Waals surface area contributed by atoms with Gasteiger partial charge in [-0.25, -0.2) is 14.5 Å². The molecule has 1 unspecified atom stereocenters. The molecule has 0 aliphatic rings. The number of carbonyl (C=O) groups is 4. The van der Waals surface area contributed by atoms with Crippen LogP contribution >= 0.6 is 11.8 Å². The highest BCUT2D eigenvalue weighted by Crippen LogP contribution is 2.22. The number of thioether (sulfide) groups is 1. The van der Waals surface area contributed by atoms with Crippen LogP contribution in [0.25, 0.3) is 0 Å². The van der Waals surface area contributed by atoms with Gasteiger partial charge in [0.25, 0.3) is 0 Å². The third-order valence-electron chi connectivity index (χ3n) is 3.87. The standard InChI is InChI=1S/C18H29N5O5S/c1-7-28-16(26)12(4)21-17(27)18(5,6)22-15(25)14(11(2)3)29-13(24)8-23-10-19-9-20-23/h9-12,14H,7-8H2,1-6H3,(H,21,27)(H,22,25)/t12-,14?/m0/s1. The fraction of sp³-hybridized carbons (Fsp3) is 0.667. The summed E-state index contributed by atoms with van der Waals surface area (Å²) in [6, 6.07) is -0.849. The molecule has 29 heavy (non-hydrogen) atoms. The Morgan fingerprint density at radius 1 is 1.21 bits per heavy atom. The molecular formula is C18H29N5O5S. The largest absolute Gasteiger partial charge is 0.464 e. The Hall–Kier alpha value is -2.43. The first-order valence-electron chi connectivity index (χ1n) is 9.29. The molecular weight excluding hydrogens is 398 g/mol. The van der Waals surface area contributed by atoms with Crippen molar-refractivity contribution in [2.75, 3.05) is 6.61 Å². The van der Waals surface area contributed by atoms with Crippen molar-refractivity contribution in [2.45, 2.75) is 64.9 Å². The van der Waals surface area contributed by atoms with Crippen molar-refractivity contribution in [2.24, 2.45) is 5.92 Å². The van der Waals surface area contributed by atoms with Gasteiger partial charge in [0, 0.05) is 0 Å². The second kappa shape index (κ2) is 10.9. The van der Waals surface area contributed by atoms with Crippen molar-refractivity contribution in [1.29, 1.82) is 0 Å². The van der Waals surface area contributed by atoms with Gasteiger partial charge in [-0.15, -0.1) is 0 Å². The van der Waals surface area contributed by atoms with Gasteiger partial charge in [-0.2, -0.15) is 5.10 Å². The van der Waals surface area contributed by atoms with Crippen LogP contribution in [0.5, 0.6) is 0 Å². The molecule has 2 N–H and O–H groups in total. The van der Waals surface area contributed by atoms with Crippen molar-refractivity contribution in [3.05, 3.63) is 12.7 Å². The van der Waals surface area contributed by atoms with Crippen LogP contribution in [0.15, 0.2) is 12.7 Å². The Balaban J connectivity index is 2.72. The first-order valence-corrected chi connectivity index (χ1v) is 10.2. The quantitative estimate of drug-likeness (QED) is 0.517. The molecule has 0 saturated heterocycles. The summed E-state index contributed by atoms with van der Waals surface area (Å²) in [5.74, 6) is -1.69. The van der Waals surface area contributed by atoms with Gasteiger partial charge >= 0.3 is 5.97 Å². The van der Waals surface area contributed by atoms with Crippen LogP contribution in [-0.4, -0.2) is 61.1 Å². The highest BCUT2D eigenvalue weighted by molar-refractivity contribution is 8.14. The van der Waals surface area contributed by atoms with Crippen LogP contribution in [0.4, 0.5) is 0 Å². The van der Waals surface area contributed by atoms with Gasteiger partial charge in [0.05, 0.1) is 11.9 Å². The van der Waals surface area contributed by atoms with Crippen molar-refractivity contribution in [1.82, 2.24) is 25.4 Å². The second-order valence-corrected chi connectivity index (χ2v) is 8.51. The molecule has 0 aliphatic heterocycles. The second-order valence-electron chi connectivity index (χ2n) is 7.31. The normalized spacial score (nSPS) is 13.5. The van der Waals surface area contributed by atoms with Crippen molar-refractivity contribution in [3.8, 4) is 0 Å². The van der Waals surface area contributed by atoms with Gasteiger partial charge < -0.3 is 15.4 Å². The van der Waals surface area contributed by atoms with Crippen molar-refractivity contribution < 1.29 is 23.9 Å². The van der Waals surface area contributed by atoms with E-state index in [4.69, 9.17) is 4.74 Å². The minimum Gasteiger partial charge on any atom is -0.464 e. The maximum absolute atomic E-state index is 12.8. The first kappa shape index (κ1) is 24.6. The van der Waals surface area contributed by atoms with E-state index in [1.165, 1.54) is 38.1 Å². The van der Waals surface area contributed by atoms with Gasteiger partial charge in [0.1, 0.15) is 30.8 Å². The van der Waals surface area contributed by atoms with E-state index in [1.54, 1.807) is 6.92 Å². The zero-order chi connectivity index (χ0) is 22.2. The molecule has 2 atom stereocenters. The third-order valence-corrected chi connectivity index (χ3v) is 5.28. The summed E-state index contributed by atoms with van der Waals surface area (Å²) in [5, 5.41) is 8.12. The van der Waals surface area contributed by atoms with Gasteiger partial charge in [0.2, 0.25) is 16.9 Å². The molecule has 0 fully saturated rings. The number of carbonyl (C=O) groups excluding carboxylic acids is 4. The third kappa shape index (κ3) is 7.84. The lowest BCUT2D eigenvalue weighted by molar-refractivity contribution is -0.147. The van der Waals surface area contributed by atoms with E-state index in [0.717, 1.165) is 11.8 Å². The van der Waals surface area contributed by atoms with Gasteiger partial charge in [-0.05, 0) is 33.6 Å². The number of esters is 1. The van der Waals surface area contributed by atoms with E-state index in [1.807, 2.05) is 13.8 Å². The number of aromatic nitrogens is 3. The maximum Gasteiger partial charge on any atom is 0.328 e. The average molecular weight is 428 g/mol. The molecule has 2 amide bonds. The van der Waals surface area contributed by atoms with Crippen LogP contribution in [0, 0.1) is 5.92 Å². The van der Waals surface area contributed by atoms with Crippen molar-refractivity contribution >= 4 is 34.7 Å². The highest BCUT2D eigenvalue weighted by atomic mass is 32.2. The van der Waals surface area contributed by atoms with Crippen LogP contribution < -0.4 is 10.6 Å². The molecule has 0 saturated carbocycles. The first-order chi connectivity index (χ1) is 13.5. The van der Waals surface area contributed by atoms with E-state index < -0.39 is 34.6 Å². The summed E-state index contributed by atoms with van der Waals surface area (Å²) in [6.45, 7) is 10.0. The topological polar surface area (TPSA) is 132 Å². The molecule has 0 spiro atoms. The highest BCUT2D eigenvalue weighted by Gasteiger charge is 2.35. The minimum atomic E-state index is -1.29. The molecule has 11 heteroatoms. The Morgan fingerprint density at radius 3 is 2.38 bits per heavy atom. The van der Waals surface area contributed by atoms with Crippen LogP contribution in [0.3, 0.4) is 0 Å². The maximum atomic E-state index is 12.8. The molecule has 0 aromatic carbocycles. The Morgan fingerprint density at radius 2 is 1.86 bits per heavy atom. The zero-order valence-corrected chi connectivity index (χ0v) is 18.4. The average Bonchev–Trinajstić information content (AvgIpc) is 3.11. The van der Waals surface area contributed by atoms with Crippen LogP contribution in [0.1, 0.15) is 41.5 Å². The number of ether oxygens (including phenoxy) is 1. The van der Waals surface area contributed by atoms with E-state index in [9.17, 15) is 19.2 Å². The summed E-state index contributed by atoms with van der Waals surface area (Å²) in [4.78, 5) is 53.0. The lowest BCUT2D eigenvalue weighted by Gasteiger charge is -2.29. The molecule has 10 nitrogen and oxygen atoms in total. The molecule has 1 aromatic heterocycles. The molecule has 1 aromatic rings. The van der Waals surface area contributed by atoms with Gasteiger partial charge in [0.15, 0.2) is 0 Å². The zero-order valence-electron chi connectivity index (χ0n) is 17.6. The number of nitrogens with zero attached hydrogens (tertiary/aromatic N) is 3. The number of rotatable bonds is 10. The molecule has 1 heterocycles. The van der Waals surface area contributed by atoms with E-state index in [0.29, 0.717) is 0 Å². The van der Waals surface area contributed by atoms with Gasteiger partial charge in [-0.3, -0.25) is 14.4 Å². The predicted octanol–water partition coefficient (Wildman–Crippen LogP) is 0.525. The number of hydrogen-bond acceptors (Lipinski definition) is 8. The molecule has 0 bridgehead atoms. The van der Waals surface area contributed by atoms with E-state index >= 15 is 0 Å². The van der Waals surface area contributed by atoms with Gasteiger partial charge in [-0.1, -0.05) is 25.6 Å². The minimum absolute atomic E-state index is 0.0118. The predicted molar refractivity (Wildman–Crippen MR) is 108 cm³/mol. The summed E-state index contributed by atoms with van der Waals surface area (Å²) < 4.78 is 6.24. The monoisotopic (exact) mass is 427 g/mol. The molecule has 0 aliphatic carbocycles. The lowest BCUT2D eigenvalue weighted by atomic mass is 10.0. The summed E-state index contributed by atoms with van der Waals surface area (Å²) in [7, 11) is 0. The molecule has 1 rings (SSSR count). The fourth-order valence-electron chi connectivity index (χ4n) is 2.26. The SMILES string of the molecule is CCOC(=O)[C@H](C)NC(=O)C(C)(C)NC(=O)C(SC(=O)Cn1cncn1)C(C)C. The van der Waals surface area contributed by atoms with E-state index in [-0.39, 0.29) is 24.2 Å². The number of amides is 2. The smallest absolute Gasteiger partial charge is 0.328 e. The Kier molecular flexibility index (Phi) is 9.28. The summed E-state index contributed by atoms with van der Waals surface area (Å²) in [5.41, 5.74) is -1.29. The van der Waals surface area contributed by atoms with Crippen molar-refractivity contribution in [3.63, 3.8) is 0 Å². The van der Waals surface area contributed by atoms with Crippen LogP contribution in [0.2, 0.25) is 0 Å². The van der Waals surface area contributed by atoms with Crippen LogP contribution in [-0.2, 0) is 30.5 Å². The fourth-order valence-corrected chi connectivity index (χ4v) is 3.19. The number of hydrogen-bond donors (Lipinski definition) is 2. The summed E-state index contributed by atoms with van der Waals surface area (Å²) >= 11 is 0.892. The Labute approximate surface area is 174 Å². The van der Waals surface area contributed by atoms with E-state index in [2.05, 4.69) is 20.7 Å². The summed E-state index contributed by atoms with van der Waals surface area (Å²) in [6.07, 6.45) is 2.74. The Bertz CT molecular complexity index is 720. The lowest BCUT2D eigenvalue weighted by Crippen LogP contribution is -2.59.